The lowest BCUT2D eigenvalue weighted by atomic mass is 10.0. The zero-order chi connectivity index (χ0) is 17.6. The van der Waals surface area contributed by atoms with Crippen molar-refractivity contribution >= 4 is 5.91 Å². The highest BCUT2D eigenvalue weighted by Gasteiger charge is 2.25. The standard InChI is InChI=1S/C19H30N4O2/c1-2-3-17-5-4-16-14-23(7-6-18(16)20-17)19(25)15-22-10-8-21(9-11-22)12-13-24/h4-5,24H,2-3,6-15H2,1H3. The second kappa shape index (κ2) is 8.74. The first kappa shape index (κ1) is 18.3. The minimum Gasteiger partial charge on any atom is -0.395 e. The Morgan fingerprint density at radius 3 is 2.64 bits per heavy atom. The normalized spacial score (nSPS) is 19.0. The van der Waals surface area contributed by atoms with Gasteiger partial charge in [-0.25, -0.2) is 0 Å². The summed E-state index contributed by atoms with van der Waals surface area (Å²) in [6.45, 7) is 8.75. The van der Waals surface area contributed by atoms with E-state index in [2.05, 4.69) is 28.9 Å². The minimum atomic E-state index is 0.208. The number of amides is 1. The van der Waals surface area contributed by atoms with Crippen molar-refractivity contribution in [3.63, 3.8) is 0 Å². The number of rotatable bonds is 6. The van der Waals surface area contributed by atoms with E-state index in [1.54, 1.807) is 0 Å². The maximum Gasteiger partial charge on any atom is 0.237 e. The lowest BCUT2D eigenvalue weighted by molar-refractivity contribution is -0.133. The van der Waals surface area contributed by atoms with Gasteiger partial charge in [-0.3, -0.25) is 19.6 Å². The highest BCUT2D eigenvalue weighted by Crippen LogP contribution is 2.18. The molecule has 1 fully saturated rings. The number of carbonyl (C=O) groups is 1. The van der Waals surface area contributed by atoms with Gasteiger partial charge in [0.05, 0.1) is 13.2 Å². The van der Waals surface area contributed by atoms with Gasteiger partial charge in [0.15, 0.2) is 0 Å². The molecule has 0 aliphatic carbocycles. The summed E-state index contributed by atoms with van der Waals surface area (Å²) in [6.07, 6.45) is 3.00. The van der Waals surface area contributed by atoms with E-state index in [-0.39, 0.29) is 12.5 Å². The molecule has 3 rings (SSSR count). The first-order chi connectivity index (χ1) is 12.2. The van der Waals surface area contributed by atoms with Crippen LogP contribution in [0.15, 0.2) is 12.1 Å². The van der Waals surface area contributed by atoms with Crippen LogP contribution in [0.1, 0.15) is 30.3 Å². The van der Waals surface area contributed by atoms with Gasteiger partial charge in [0, 0.05) is 63.6 Å². The molecule has 0 saturated carbocycles. The third-order valence-corrected chi connectivity index (χ3v) is 5.20. The highest BCUT2D eigenvalue weighted by atomic mass is 16.3. The van der Waals surface area contributed by atoms with E-state index in [4.69, 9.17) is 10.1 Å². The fourth-order valence-electron chi connectivity index (χ4n) is 3.67. The van der Waals surface area contributed by atoms with E-state index < -0.39 is 0 Å². The molecule has 0 bridgehead atoms. The molecular weight excluding hydrogens is 316 g/mol. The van der Waals surface area contributed by atoms with E-state index in [1.165, 1.54) is 17.0 Å². The van der Waals surface area contributed by atoms with Crippen molar-refractivity contribution in [1.29, 1.82) is 0 Å². The molecule has 1 aromatic rings. The molecule has 138 valence electrons. The van der Waals surface area contributed by atoms with Gasteiger partial charge in [-0.2, -0.15) is 0 Å². The van der Waals surface area contributed by atoms with E-state index in [1.807, 2.05) is 4.90 Å². The van der Waals surface area contributed by atoms with Gasteiger partial charge in [0.25, 0.3) is 0 Å². The van der Waals surface area contributed by atoms with Crippen LogP contribution in [0.2, 0.25) is 0 Å². The van der Waals surface area contributed by atoms with Crippen molar-refractivity contribution < 1.29 is 9.90 Å². The van der Waals surface area contributed by atoms with Gasteiger partial charge in [0.2, 0.25) is 5.91 Å². The SMILES string of the molecule is CCCc1ccc2c(n1)CCN(C(=O)CN1CCN(CCO)CC1)C2. The van der Waals surface area contributed by atoms with Crippen LogP contribution in [-0.2, 0) is 24.2 Å². The third-order valence-electron chi connectivity index (χ3n) is 5.20. The highest BCUT2D eigenvalue weighted by molar-refractivity contribution is 5.78. The average Bonchev–Trinajstić information content (AvgIpc) is 2.63. The Kier molecular flexibility index (Phi) is 6.39. The number of pyridine rings is 1. The summed E-state index contributed by atoms with van der Waals surface area (Å²) in [7, 11) is 0. The minimum absolute atomic E-state index is 0.208. The zero-order valence-electron chi connectivity index (χ0n) is 15.3. The van der Waals surface area contributed by atoms with Gasteiger partial charge in [0.1, 0.15) is 0 Å². The Morgan fingerprint density at radius 1 is 1.16 bits per heavy atom. The predicted molar refractivity (Wildman–Crippen MR) is 97.3 cm³/mol. The number of nitrogens with zero attached hydrogens (tertiary/aromatic N) is 4. The van der Waals surface area contributed by atoms with Crippen molar-refractivity contribution in [3.05, 3.63) is 29.1 Å². The number of aliphatic hydroxyl groups is 1. The molecule has 6 heteroatoms. The summed E-state index contributed by atoms with van der Waals surface area (Å²) in [5.74, 6) is 0.221. The predicted octanol–water partition coefficient (Wildman–Crippen LogP) is 0.529. The number of aliphatic hydroxyl groups excluding tert-OH is 1. The van der Waals surface area contributed by atoms with Crippen LogP contribution in [0.3, 0.4) is 0 Å². The number of β-amino-alcohol motifs (C(OH)–C–C–N with tert-alkyl or cyclic N) is 1. The molecule has 1 N–H and O–H groups in total. The quantitative estimate of drug-likeness (QED) is 0.814. The van der Waals surface area contributed by atoms with Crippen molar-refractivity contribution in [1.82, 2.24) is 19.7 Å². The Balaban J connectivity index is 1.51. The Bertz CT molecular complexity index is 585. The summed E-state index contributed by atoms with van der Waals surface area (Å²) in [5.41, 5.74) is 3.54. The van der Waals surface area contributed by atoms with Gasteiger partial charge in [-0.15, -0.1) is 0 Å². The monoisotopic (exact) mass is 346 g/mol. The summed E-state index contributed by atoms with van der Waals surface area (Å²) in [5, 5.41) is 9.01. The summed E-state index contributed by atoms with van der Waals surface area (Å²) >= 11 is 0. The van der Waals surface area contributed by atoms with Crippen LogP contribution < -0.4 is 0 Å². The van der Waals surface area contributed by atoms with Crippen molar-refractivity contribution in [2.75, 3.05) is 52.4 Å². The molecule has 0 atom stereocenters. The molecular formula is C19H30N4O2. The average molecular weight is 346 g/mol. The Morgan fingerprint density at radius 2 is 1.92 bits per heavy atom. The number of hydrogen-bond acceptors (Lipinski definition) is 5. The fourth-order valence-corrected chi connectivity index (χ4v) is 3.67. The lowest BCUT2D eigenvalue weighted by Gasteiger charge is -2.36. The van der Waals surface area contributed by atoms with Gasteiger partial charge < -0.3 is 10.0 Å². The number of piperazine rings is 1. The molecule has 0 spiro atoms. The van der Waals surface area contributed by atoms with E-state index in [0.29, 0.717) is 13.1 Å². The number of aromatic nitrogens is 1. The topological polar surface area (TPSA) is 59.9 Å². The Hall–Kier alpha value is -1.50. The third kappa shape index (κ3) is 4.77. The van der Waals surface area contributed by atoms with Crippen molar-refractivity contribution in [2.45, 2.75) is 32.7 Å². The second-order valence-electron chi connectivity index (χ2n) is 7.07. The smallest absolute Gasteiger partial charge is 0.237 e. The maximum absolute atomic E-state index is 12.7. The van der Waals surface area contributed by atoms with Crippen LogP contribution in [0.25, 0.3) is 0 Å². The molecule has 2 aliphatic heterocycles. The summed E-state index contributed by atoms with van der Waals surface area (Å²) in [6, 6.07) is 4.26. The molecule has 3 heterocycles. The van der Waals surface area contributed by atoms with Gasteiger partial charge in [-0.1, -0.05) is 19.4 Å². The van der Waals surface area contributed by atoms with Crippen LogP contribution in [0.4, 0.5) is 0 Å². The Labute approximate surface area is 150 Å². The van der Waals surface area contributed by atoms with Crippen molar-refractivity contribution in [2.24, 2.45) is 0 Å². The lowest BCUT2D eigenvalue weighted by Crippen LogP contribution is -2.51. The summed E-state index contributed by atoms with van der Waals surface area (Å²) in [4.78, 5) is 23.9. The molecule has 0 aromatic carbocycles. The van der Waals surface area contributed by atoms with E-state index in [0.717, 1.165) is 58.5 Å². The van der Waals surface area contributed by atoms with Crippen LogP contribution in [0.5, 0.6) is 0 Å². The van der Waals surface area contributed by atoms with Crippen molar-refractivity contribution in [3.8, 4) is 0 Å². The first-order valence-electron chi connectivity index (χ1n) is 9.50. The van der Waals surface area contributed by atoms with E-state index >= 15 is 0 Å². The fraction of sp³-hybridized carbons (Fsp3) is 0.684. The van der Waals surface area contributed by atoms with Crippen LogP contribution in [0, 0.1) is 0 Å². The molecule has 1 saturated heterocycles. The molecule has 6 nitrogen and oxygen atoms in total. The van der Waals surface area contributed by atoms with Gasteiger partial charge >= 0.3 is 0 Å². The molecule has 1 amide bonds. The number of aryl methyl sites for hydroxylation is 1. The zero-order valence-corrected chi connectivity index (χ0v) is 15.3. The molecule has 2 aliphatic rings. The number of fused-ring (bicyclic) bond motifs is 1. The van der Waals surface area contributed by atoms with E-state index in [9.17, 15) is 4.79 Å². The molecule has 0 unspecified atom stereocenters. The second-order valence-corrected chi connectivity index (χ2v) is 7.07. The largest absolute Gasteiger partial charge is 0.395 e. The van der Waals surface area contributed by atoms with Crippen LogP contribution >= 0.6 is 0 Å². The number of hydrogen-bond donors (Lipinski definition) is 1. The first-order valence-corrected chi connectivity index (χ1v) is 9.50. The molecule has 25 heavy (non-hydrogen) atoms. The van der Waals surface area contributed by atoms with Gasteiger partial charge in [-0.05, 0) is 18.1 Å². The number of carbonyl (C=O) groups excluding carboxylic acids is 1. The maximum atomic E-state index is 12.7. The molecule has 0 radical (unpaired) electrons. The molecule has 1 aromatic heterocycles. The summed E-state index contributed by atoms with van der Waals surface area (Å²) < 4.78 is 0. The van der Waals surface area contributed by atoms with Crippen LogP contribution in [-0.4, -0.2) is 83.1 Å².